The molecular formula is C13H17ClN2O2. The Morgan fingerprint density at radius 3 is 2.89 bits per heavy atom. The van der Waals surface area contributed by atoms with Gasteiger partial charge in [0.15, 0.2) is 0 Å². The van der Waals surface area contributed by atoms with Gasteiger partial charge in [-0.15, -0.1) is 0 Å². The highest BCUT2D eigenvalue weighted by Crippen LogP contribution is 2.26. The van der Waals surface area contributed by atoms with Gasteiger partial charge in [-0.3, -0.25) is 0 Å². The summed E-state index contributed by atoms with van der Waals surface area (Å²) in [4.78, 5) is 11.9. The lowest BCUT2D eigenvalue weighted by atomic mass is 10.1. The fourth-order valence-corrected chi connectivity index (χ4v) is 2.15. The Morgan fingerprint density at radius 1 is 1.44 bits per heavy atom. The Kier molecular flexibility index (Phi) is 4.09. The average molecular weight is 269 g/mol. The van der Waals surface area contributed by atoms with Crippen molar-refractivity contribution in [3.8, 4) is 0 Å². The van der Waals surface area contributed by atoms with E-state index in [9.17, 15) is 4.79 Å². The molecule has 0 spiro atoms. The Bertz CT molecular complexity index is 457. The van der Waals surface area contributed by atoms with E-state index in [1.807, 2.05) is 26.0 Å². The zero-order valence-corrected chi connectivity index (χ0v) is 11.3. The highest BCUT2D eigenvalue weighted by Gasteiger charge is 2.18. The van der Waals surface area contributed by atoms with Crippen molar-refractivity contribution in [1.82, 2.24) is 5.32 Å². The normalized spacial score (nSPS) is 18.7. The van der Waals surface area contributed by atoms with Crippen molar-refractivity contribution in [3.05, 3.63) is 28.3 Å². The van der Waals surface area contributed by atoms with Gasteiger partial charge in [0.1, 0.15) is 0 Å². The van der Waals surface area contributed by atoms with Gasteiger partial charge in [-0.1, -0.05) is 17.7 Å². The Labute approximate surface area is 112 Å². The third kappa shape index (κ3) is 2.94. The van der Waals surface area contributed by atoms with Crippen molar-refractivity contribution in [3.63, 3.8) is 0 Å². The monoisotopic (exact) mass is 268 g/mol. The Morgan fingerprint density at radius 2 is 2.22 bits per heavy atom. The van der Waals surface area contributed by atoms with Gasteiger partial charge in [0.05, 0.1) is 12.6 Å². The minimum atomic E-state index is -0.209. The molecule has 1 fully saturated rings. The van der Waals surface area contributed by atoms with Crippen LogP contribution >= 0.6 is 11.6 Å². The lowest BCUT2D eigenvalue weighted by Gasteiger charge is -2.15. The van der Waals surface area contributed by atoms with E-state index in [2.05, 4.69) is 10.6 Å². The number of anilines is 1. The van der Waals surface area contributed by atoms with Crippen LogP contribution in [-0.2, 0) is 4.74 Å². The molecule has 1 atom stereocenters. The highest BCUT2D eigenvalue weighted by atomic mass is 35.5. The number of rotatable bonds is 2. The molecule has 2 amide bonds. The molecular weight excluding hydrogens is 252 g/mol. The van der Waals surface area contributed by atoms with Crippen LogP contribution in [-0.4, -0.2) is 25.3 Å². The fourth-order valence-electron chi connectivity index (χ4n) is 2.00. The van der Waals surface area contributed by atoms with E-state index in [1.165, 1.54) is 0 Å². The van der Waals surface area contributed by atoms with Gasteiger partial charge >= 0.3 is 6.03 Å². The summed E-state index contributed by atoms with van der Waals surface area (Å²) in [5.41, 5.74) is 2.66. The van der Waals surface area contributed by atoms with E-state index >= 15 is 0 Å². The van der Waals surface area contributed by atoms with Crippen LogP contribution < -0.4 is 10.6 Å². The van der Waals surface area contributed by atoms with Crippen molar-refractivity contribution in [1.29, 1.82) is 0 Å². The van der Waals surface area contributed by atoms with Crippen molar-refractivity contribution in [2.24, 2.45) is 0 Å². The van der Waals surface area contributed by atoms with Gasteiger partial charge in [-0.2, -0.15) is 0 Å². The number of carbonyl (C=O) groups excluding carboxylic acids is 1. The second-order valence-corrected chi connectivity index (χ2v) is 4.93. The SMILES string of the molecule is Cc1ccc(Cl)c(C)c1NC(=O)NC1CCOC1. The van der Waals surface area contributed by atoms with Crippen molar-refractivity contribution in [2.45, 2.75) is 26.3 Å². The number of hydrogen-bond donors (Lipinski definition) is 2. The molecule has 0 aromatic heterocycles. The molecule has 2 N–H and O–H groups in total. The number of nitrogens with one attached hydrogen (secondary N) is 2. The van der Waals surface area contributed by atoms with Crippen molar-refractivity contribution < 1.29 is 9.53 Å². The van der Waals surface area contributed by atoms with Crippen LogP contribution in [0.1, 0.15) is 17.5 Å². The lowest BCUT2D eigenvalue weighted by Crippen LogP contribution is -2.38. The summed E-state index contributed by atoms with van der Waals surface area (Å²) >= 11 is 6.05. The molecule has 98 valence electrons. The molecule has 1 saturated heterocycles. The van der Waals surface area contributed by atoms with Crippen molar-refractivity contribution in [2.75, 3.05) is 18.5 Å². The first-order valence-electron chi connectivity index (χ1n) is 5.99. The number of carbonyl (C=O) groups is 1. The summed E-state index contributed by atoms with van der Waals surface area (Å²) in [6, 6.07) is 3.62. The minimum absolute atomic E-state index is 0.102. The van der Waals surface area contributed by atoms with Crippen LogP contribution in [0.3, 0.4) is 0 Å². The fraction of sp³-hybridized carbons (Fsp3) is 0.462. The van der Waals surface area contributed by atoms with E-state index in [0.717, 1.165) is 23.2 Å². The molecule has 1 unspecified atom stereocenters. The van der Waals surface area contributed by atoms with E-state index in [4.69, 9.17) is 16.3 Å². The number of amides is 2. The number of hydrogen-bond acceptors (Lipinski definition) is 2. The Hall–Kier alpha value is -1.26. The average Bonchev–Trinajstić information content (AvgIpc) is 2.82. The first kappa shape index (κ1) is 13.2. The van der Waals surface area contributed by atoms with Gasteiger partial charge < -0.3 is 15.4 Å². The van der Waals surface area contributed by atoms with Crippen LogP contribution in [0.2, 0.25) is 5.02 Å². The topological polar surface area (TPSA) is 50.4 Å². The summed E-state index contributed by atoms with van der Waals surface area (Å²) in [6.45, 7) is 5.13. The number of urea groups is 1. The van der Waals surface area contributed by atoms with Crippen LogP contribution in [0.15, 0.2) is 12.1 Å². The number of aryl methyl sites for hydroxylation is 1. The zero-order chi connectivity index (χ0) is 13.1. The second-order valence-electron chi connectivity index (χ2n) is 4.52. The molecule has 0 saturated carbocycles. The van der Waals surface area contributed by atoms with Crippen LogP contribution in [0.4, 0.5) is 10.5 Å². The first-order valence-corrected chi connectivity index (χ1v) is 6.36. The largest absolute Gasteiger partial charge is 0.379 e. The maximum atomic E-state index is 11.9. The maximum Gasteiger partial charge on any atom is 0.319 e. The maximum absolute atomic E-state index is 11.9. The third-order valence-corrected chi connectivity index (χ3v) is 3.52. The molecule has 5 heteroatoms. The third-order valence-electron chi connectivity index (χ3n) is 3.11. The van der Waals surface area contributed by atoms with Crippen LogP contribution in [0.25, 0.3) is 0 Å². The molecule has 0 radical (unpaired) electrons. The predicted octanol–water partition coefficient (Wildman–Crippen LogP) is 2.87. The van der Waals surface area contributed by atoms with E-state index in [-0.39, 0.29) is 12.1 Å². The molecule has 4 nitrogen and oxygen atoms in total. The molecule has 1 aliphatic rings. The minimum Gasteiger partial charge on any atom is -0.379 e. The zero-order valence-electron chi connectivity index (χ0n) is 10.5. The molecule has 1 heterocycles. The summed E-state index contributed by atoms with van der Waals surface area (Å²) in [6.07, 6.45) is 0.862. The van der Waals surface area contributed by atoms with E-state index < -0.39 is 0 Å². The molecule has 0 bridgehead atoms. The standard InChI is InChI=1S/C13H17ClN2O2/c1-8-3-4-11(14)9(2)12(8)16-13(17)15-10-5-6-18-7-10/h3-4,10H,5-7H2,1-2H3,(H2,15,16,17). The second kappa shape index (κ2) is 5.59. The molecule has 2 rings (SSSR count). The van der Waals surface area contributed by atoms with Crippen LogP contribution in [0, 0.1) is 13.8 Å². The summed E-state index contributed by atoms with van der Waals surface area (Å²) in [7, 11) is 0. The van der Waals surface area contributed by atoms with Gasteiger partial charge in [0, 0.05) is 17.3 Å². The van der Waals surface area contributed by atoms with Crippen molar-refractivity contribution >= 4 is 23.3 Å². The van der Waals surface area contributed by atoms with E-state index in [0.29, 0.717) is 18.2 Å². The summed E-state index contributed by atoms with van der Waals surface area (Å²) < 4.78 is 5.21. The summed E-state index contributed by atoms with van der Waals surface area (Å²) in [5, 5.41) is 6.39. The lowest BCUT2D eigenvalue weighted by molar-refractivity contribution is 0.189. The van der Waals surface area contributed by atoms with E-state index in [1.54, 1.807) is 0 Å². The van der Waals surface area contributed by atoms with Gasteiger partial charge in [0.2, 0.25) is 0 Å². The summed E-state index contributed by atoms with van der Waals surface area (Å²) in [5.74, 6) is 0. The Balaban J connectivity index is 2.04. The quantitative estimate of drug-likeness (QED) is 0.867. The van der Waals surface area contributed by atoms with Gasteiger partial charge in [0.25, 0.3) is 0 Å². The van der Waals surface area contributed by atoms with Gasteiger partial charge in [-0.25, -0.2) is 4.79 Å². The highest BCUT2D eigenvalue weighted by molar-refractivity contribution is 6.31. The van der Waals surface area contributed by atoms with Crippen LogP contribution in [0.5, 0.6) is 0 Å². The molecule has 0 aliphatic carbocycles. The first-order chi connectivity index (χ1) is 8.58. The number of ether oxygens (including phenoxy) is 1. The number of benzene rings is 1. The molecule has 1 aromatic carbocycles. The number of halogens is 1. The molecule has 1 aliphatic heterocycles. The predicted molar refractivity (Wildman–Crippen MR) is 72.3 cm³/mol. The smallest absolute Gasteiger partial charge is 0.319 e. The van der Waals surface area contributed by atoms with Gasteiger partial charge in [-0.05, 0) is 37.5 Å². The molecule has 18 heavy (non-hydrogen) atoms. The molecule has 1 aromatic rings.